The highest BCUT2D eigenvalue weighted by Crippen LogP contribution is 2.14. The van der Waals surface area contributed by atoms with E-state index in [9.17, 15) is 9.59 Å². The van der Waals surface area contributed by atoms with Crippen molar-refractivity contribution in [2.24, 2.45) is 0 Å². The van der Waals surface area contributed by atoms with Crippen LogP contribution in [-0.2, 0) is 0 Å². The highest BCUT2D eigenvalue weighted by atomic mass is 16.2. The summed E-state index contributed by atoms with van der Waals surface area (Å²) < 4.78 is 3.30. The lowest BCUT2D eigenvalue weighted by molar-refractivity contribution is 0.0907. The largest absolute Gasteiger partial charge is 0.350 e. The topological polar surface area (TPSA) is 119 Å². The smallest absolute Gasteiger partial charge is 0.257 e. The third-order valence-corrected chi connectivity index (χ3v) is 5.53. The van der Waals surface area contributed by atoms with Crippen LogP contribution in [0.25, 0.3) is 11.3 Å². The van der Waals surface area contributed by atoms with Crippen LogP contribution in [0.2, 0.25) is 0 Å². The van der Waals surface area contributed by atoms with E-state index in [1.807, 2.05) is 46.8 Å². The molecule has 0 bridgehead atoms. The Labute approximate surface area is 191 Å². The molecule has 0 aliphatic rings. The van der Waals surface area contributed by atoms with Crippen LogP contribution in [0.1, 0.15) is 63.3 Å². The summed E-state index contributed by atoms with van der Waals surface area (Å²) in [6.45, 7) is 9.92. The number of rotatable bonds is 7. The van der Waals surface area contributed by atoms with Crippen LogP contribution >= 0.6 is 0 Å². The van der Waals surface area contributed by atoms with Gasteiger partial charge in [-0.1, -0.05) is 13.3 Å². The van der Waals surface area contributed by atoms with Gasteiger partial charge < -0.3 is 10.6 Å². The van der Waals surface area contributed by atoms with E-state index >= 15 is 0 Å². The summed E-state index contributed by atoms with van der Waals surface area (Å²) in [5, 5.41) is 14.5. The standard InChI is InChI=1S/C23H28N8O2/c1-6-7-17(29-23(33)19-12-26-31-16(5)9-14(3)28-21(19)31)10-24-22(32)18-11-25-30-15(4)8-13(2)27-20(18)30/h8-9,11-12,17H,6-7,10H2,1-5H3,(H,24,32)(H,29,33). The van der Waals surface area contributed by atoms with E-state index in [0.717, 1.165) is 29.2 Å². The molecule has 0 saturated heterocycles. The van der Waals surface area contributed by atoms with E-state index in [1.54, 1.807) is 9.03 Å². The van der Waals surface area contributed by atoms with Gasteiger partial charge in [-0.05, 0) is 46.2 Å². The van der Waals surface area contributed by atoms with Crippen LogP contribution in [0, 0.1) is 27.7 Å². The number of carbonyl (C=O) groups excluding carboxylic acids is 2. The van der Waals surface area contributed by atoms with Crippen molar-refractivity contribution in [2.75, 3.05) is 6.54 Å². The van der Waals surface area contributed by atoms with Gasteiger partial charge in [-0.25, -0.2) is 19.0 Å². The van der Waals surface area contributed by atoms with Crippen LogP contribution in [0.4, 0.5) is 0 Å². The molecule has 4 aromatic rings. The number of amides is 2. The van der Waals surface area contributed by atoms with Crippen LogP contribution in [0.15, 0.2) is 24.5 Å². The summed E-state index contributed by atoms with van der Waals surface area (Å²) in [4.78, 5) is 34.8. The first kappa shape index (κ1) is 22.4. The van der Waals surface area contributed by atoms with Crippen molar-refractivity contribution < 1.29 is 9.59 Å². The molecule has 0 aliphatic carbocycles. The van der Waals surface area contributed by atoms with Gasteiger partial charge in [0.25, 0.3) is 11.8 Å². The SMILES string of the molecule is CCCC(CNC(=O)c1cnn2c(C)cc(C)nc12)NC(=O)c1cnn2c(C)cc(C)nc12. The monoisotopic (exact) mass is 448 g/mol. The maximum Gasteiger partial charge on any atom is 0.257 e. The van der Waals surface area contributed by atoms with E-state index in [1.165, 1.54) is 12.4 Å². The van der Waals surface area contributed by atoms with Gasteiger partial charge in [0.1, 0.15) is 11.1 Å². The molecule has 1 atom stereocenters. The summed E-state index contributed by atoms with van der Waals surface area (Å²) in [5.74, 6) is -0.541. The van der Waals surface area contributed by atoms with E-state index in [-0.39, 0.29) is 24.4 Å². The number of nitrogens with one attached hydrogen (secondary N) is 2. The van der Waals surface area contributed by atoms with Gasteiger partial charge in [-0.2, -0.15) is 10.2 Å². The van der Waals surface area contributed by atoms with E-state index in [4.69, 9.17) is 0 Å². The Morgan fingerprint density at radius 1 is 0.879 bits per heavy atom. The fourth-order valence-electron chi connectivity index (χ4n) is 4.01. The third-order valence-electron chi connectivity index (χ3n) is 5.53. The number of hydrogen-bond donors (Lipinski definition) is 2. The summed E-state index contributed by atoms with van der Waals surface area (Å²) in [6, 6.07) is 3.58. The first-order chi connectivity index (χ1) is 15.8. The van der Waals surface area contributed by atoms with Gasteiger partial charge in [0.2, 0.25) is 0 Å². The lowest BCUT2D eigenvalue weighted by Gasteiger charge is -2.18. The summed E-state index contributed by atoms with van der Waals surface area (Å²) in [6.07, 6.45) is 4.61. The molecule has 4 rings (SSSR count). The predicted molar refractivity (Wildman–Crippen MR) is 123 cm³/mol. The maximum atomic E-state index is 13.0. The average Bonchev–Trinajstić information content (AvgIpc) is 3.36. The van der Waals surface area contributed by atoms with Gasteiger partial charge in [0.05, 0.1) is 12.4 Å². The van der Waals surface area contributed by atoms with Crippen LogP contribution in [0.3, 0.4) is 0 Å². The molecule has 1 unspecified atom stereocenters. The molecule has 10 heteroatoms. The maximum absolute atomic E-state index is 13.0. The molecule has 0 aliphatic heterocycles. The Morgan fingerprint density at radius 3 is 1.91 bits per heavy atom. The van der Waals surface area contributed by atoms with Crippen molar-refractivity contribution in [1.82, 2.24) is 39.8 Å². The number of hydrogen-bond acceptors (Lipinski definition) is 6. The normalized spacial score (nSPS) is 12.3. The molecule has 172 valence electrons. The second-order valence-electron chi connectivity index (χ2n) is 8.33. The minimum atomic E-state index is -0.276. The van der Waals surface area contributed by atoms with Gasteiger partial charge in [0, 0.05) is 35.4 Å². The molecule has 2 N–H and O–H groups in total. The van der Waals surface area contributed by atoms with Gasteiger partial charge in [0.15, 0.2) is 11.3 Å². The van der Waals surface area contributed by atoms with E-state index < -0.39 is 0 Å². The Bertz CT molecular complexity index is 1350. The molecule has 0 fully saturated rings. The van der Waals surface area contributed by atoms with Crippen molar-refractivity contribution in [3.05, 3.63) is 58.4 Å². The van der Waals surface area contributed by atoms with Crippen molar-refractivity contribution >= 4 is 23.1 Å². The van der Waals surface area contributed by atoms with Gasteiger partial charge >= 0.3 is 0 Å². The second kappa shape index (κ2) is 8.97. The molecule has 2 amide bonds. The van der Waals surface area contributed by atoms with Crippen LogP contribution < -0.4 is 10.6 Å². The molecule has 0 radical (unpaired) electrons. The predicted octanol–water partition coefficient (Wildman–Crippen LogP) is 2.33. The molecule has 0 spiro atoms. The molecule has 0 aromatic carbocycles. The van der Waals surface area contributed by atoms with Gasteiger partial charge in [-0.15, -0.1) is 0 Å². The number of fused-ring (bicyclic) bond motifs is 2. The van der Waals surface area contributed by atoms with Crippen molar-refractivity contribution in [2.45, 2.75) is 53.5 Å². The highest BCUT2D eigenvalue weighted by molar-refractivity contribution is 6.00. The fourth-order valence-corrected chi connectivity index (χ4v) is 4.01. The first-order valence-electron chi connectivity index (χ1n) is 11.0. The van der Waals surface area contributed by atoms with Crippen molar-refractivity contribution in [1.29, 1.82) is 0 Å². The Kier molecular flexibility index (Phi) is 6.08. The molecule has 0 saturated carbocycles. The number of aryl methyl sites for hydroxylation is 4. The fraction of sp³-hybridized carbons (Fsp3) is 0.391. The summed E-state index contributed by atoms with van der Waals surface area (Å²) in [7, 11) is 0. The summed E-state index contributed by atoms with van der Waals surface area (Å²) in [5.41, 5.74) is 5.30. The summed E-state index contributed by atoms with van der Waals surface area (Å²) >= 11 is 0. The minimum Gasteiger partial charge on any atom is -0.350 e. The van der Waals surface area contributed by atoms with Crippen LogP contribution in [0.5, 0.6) is 0 Å². The molecular weight excluding hydrogens is 420 g/mol. The quantitative estimate of drug-likeness (QED) is 0.448. The number of carbonyl (C=O) groups is 2. The zero-order valence-corrected chi connectivity index (χ0v) is 19.5. The van der Waals surface area contributed by atoms with Crippen LogP contribution in [-0.4, -0.2) is 53.6 Å². The minimum absolute atomic E-state index is 0.245. The molecule has 33 heavy (non-hydrogen) atoms. The molecule has 4 aromatic heterocycles. The van der Waals surface area contributed by atoms with Crippen molar-refractivity contribution in [3.63, 3.8) is 0 Å². The van der Waals surface area contributed by atoms with Gasteiger partial charge in [-0.3, -0.25) is 9.59 Å². The second-order valence-corrected chi connectivity index (χ2v) is 8.33. The lowest BCUT2D eigenvalue weighted by atomic mass is 10.1. The Hall–Kier alpha value is -3.82. The van der Waals surface area contributed by atoms with Crippen molar-refractivity contribution in [3.8, 4) is 0 Å². The van der Waals surface area contributed by atoms with E-state index in [2.05, 4.69) is 30.8 Å². The molecule has 4 heterocycles. The molecular formula is C23H28N8O2. The molecule has 10 nitrogen and oxygen atoms in total. The lowest BCUT2D eigenvalue weighted by Crippen LogP contribution is -2.43. The Balaban J connectivity index is 1.49. The first-order valence-corrected chi connectivity index (χ1v) is 11.0. The number of nitrogens with zero attached hydrogens (tertiary/aromatic N) is 6. The highest BCUT2D eigenvalue weighted by Gasteiger charge is 2.21. The zero-order chi connectivity index (χ0) is 23.7. The number of aromatic nitrogens is 6. The third kappa shape index (κ3) is 4.41. The zero-order valence-electron chi connectivity index (χ0n) is 19.5. The van der Waals surface area contributed by atoms with E-state index in [0.29, 0.717) is 28.8 Å². The Morgan fingerprint density at radius 2 is 1.39 bits per heavy atom. The average molecular weight is 449 g/mol.